The summed E-state index contributed by atoms with van der Waals surface area (Å²) in [7, 11) is 8.04. The Bertz CT molecular complexity index is 2060. The number of esters is 1. The van der Waals surface area contributed by atoms with E-state index in [4.69, 9.17) is 51.1 Å². The lowest BCUT2D eigenvalue weighted by Crippen LogP contribution is -2.23. The summed E-state index contributed by atoms with van der Waals surface area (Å²) in [5.41, 5.74) is 8.43. The molecule has 1 aliphatic heterocycles. The zero-order valence-electron chi connectivity index (χ0n) is 28.6. The smallest absolute Gasteiger partial charge is 0.341 e. The van der Waals surface area contributed by atoms with Crippen LogP contribution < -0.4 is 9.80 Å². The number of aryl methyl sites for hydroxylation is 2. The molecule has 0 saturated carbocycles. The fourth-order valence-electron chi connectivity index (χ4n) is 6.44. The van der Waals surface area contributed by atoms with Crippen molar-refractivity contribution in [2.24, 2.45) is 0 Å². The summed E-state index contributed by atoms with van der Waals surface area (Å²) in [5.74, 6) is -0.655. The maximum Gasteiger partial charge on any atom is 0.341 e. The number of hydrogen-bond donors (Lipinski definition) is 0. The van der Waals surface area contributed by atoms with E-state index in [1.165, 1.54) is 0 Å². The van der Waals surface area contributed by atoms with Crippen molar-refractivity contribution in [3.05, 3.63) is 174 Å². The summed E-state index contributed by atoms with van der Waals surface area (Å²) in [4.78, 5) is 18.2. The van der Waals surface area contributed by atoms with Gasteiger partial charge in [-0.2, -0.15) is 0 Å². The van der Waals surface area contributed by atoms with Crippen LogP contribution in [0.25, 0.3) is 11.1 Å². The number of nitrogens with zero attached hydrogens (tertiary/aromatic N) is 2. The molecule has 0 amide bonds. The number of hydrogen-bond acceptors (Lipinski definition) is 4. The molecular formula is C42H36Cl4N2O2. The van der Waals surface area contributed by atoms with Crippen LogP contribution in [0.1, 0.15) is 49.3 Å². The molecule has 5 aromatic rings. The van der Waals surface area contributed by atoms with Gasteiger partial charge >= 0.3 is 5.97 Å². The van der Waals surface area contributed by atoms with Crippen molar-refractivity contribution in [2.75, 3.05) is 38.0 Å². The Kier molecular flexibility index (Phi) is 10.1. The molecule has 0 aromatic heterocycles. The fourth-order valence-corrected chi connectivity index (χ4v) is 7.52. The average Bonchev–Trinajstić information content (AvgIpc) is 3.39. The van der Waals surface area contributed by atoms with Crippen LogP contribution in [0.5, 0.6) is 0 Å². The first-order chi connectivity index (χ1) is 23.8. The molecule has 0 atom stereocenters. The van der Waals surface area contributed by atoms with E-state index < -0.39 is 11.6 Å². The number of rotatable bonds is 8. The van der Waals surface area contributed by atoms with E-state index >= 15 is 0 Å². The van der Waals surface area contributed by atoms with E-state index in [9.17, 15) is 4.79 Å². The molecule has 8 heteroatoms. The molecule has 0 unspecified atom stereocenters. The maximum atomic E-state index is 14.1. The van der Waals surface area contributed by atoms with Crippen molar-refractivity contribution >= 4 is 74.9 Å². The number of cyclic esters (lactones) is 1. The predicted octanol–water partition coefficient (Wildman–Crippen LogP) is 11.7. The summed E-state index contributed by atoms with van der Waals surface area (Å²) in [5, 5.41) is 0.121. The molecule has 254 valence electrons. The molecule has 1 aliphatic rings. The van der Waals surface area contributed by atoms with Gasteiger partial charge in [-0.15, -0.1) is 0 Å². The largest absolute Gasteiger partial charge is 0.442 e. The van der Waals surface area contributed by atoms with Crippen molar-refractivity contribution in [3.63, 3.8) is 0 Å². The molecule has 5 aromatic carbocycles. The van der Waals surface area contributed by atoms with Gasteiger partial charge in [0.05, 0.1) is 25.7 Å². The Labute approximate surface area is 314 Å². The molecule has 0 spiro atoms. The Morgan fingerprint density at radius 1 is 0.600 bits per heavy atom. The third-order valence-corrected chi connectivity index (χ3v) is 10.8. The molecule has 50 heavy (non-hydrogen) atoms. The molecule has 0 fully saturated rings. The first-order valence-electron chi connectivity index (χ1n) is 16.1. The Hall–Kier alpha value is -4.19. The SMILES string of the molecule is Cc1cc(N(C)C)ccc1/C(=C/C1(/C=C(\c2ccccc2)c2ccc(N(C)C)cc2C)OC(=O)c2c(Cl)c(Cl)c(Cl)c(Cl)c21)c1ccccc1. The lowest BCUT2D eigenvalue weighted by atomic mass is 9.82. The summed E-state index contributed by atoms with van der Waals surface area (Å²) in [6, 6.07) is 32.6. The number of benzene rings is 5. The molecule has 0 bridgehead atoms. The van der Waals surface area contributed by atoms with Crippen molar-refractivity contribution in [3.8, 4) is 0 Å². The molecule has 0 radical (unpaired) electrons. The number of carbonyl (C=O) groups is 1. The Balaban J connectivity index is 1.77. The molecule has 4 nitrogen and oxygen atoms in total. The minimum Gasteiger partial charge on any atom is -0.442 e. The summed E-state index contributed by atoms with van der Waals surface area (Å²) >= 11 is 27.2. The van der Waals surface area contributed by atoms with E-state index in [2.05, 4.69) is 60.0 Å². The lowest BCUT2D eigenvalue weighted by molar-refractivity contribution is 0.0300. The normalized spacial score (nSPS) is 15.9. The first kappa shape index (κ1) is 35.6. The first-order valence-corrected chi connectivity index (χ1v) is 17.6. The number of carbonyl (C=O) groups excluding carboxylic acids is 1. The monoisotopic (exact) mass is 740 g/mol. The second-order valence-electron chi connectivity index (χ2n) is 12.8. The number of anilines is 2. The van der Waals surface area contributed by atoms with Gasteiger partial charge in [-0.1, -0.05) is 119 Å². The second kappa shape index (κ2) is 14.2. The maximum absolute atomic E-state index is 14.1. The second-order valence-corrected chi connectivity index (χ2v) is 14.3. The minimum atomic E-state index is -1.57. The zero-order valence-corrected chi connectivity index (χ0v) is 31.6. The zero-order chi connectivity index (χ0) is 35.9. The van der Waals surface area contributed by atoms with E-state index in [1.54, 1.807) is 0 Å². The van der Waals surface area contributed by atoms with Crippen molar-refractivity contribution in [2.45, 2.75) is 19.4 Å². The topological polar surface area (TPSA) is 32.8 Å². The molecule has 1 heterocycles. The van der Waals surface area contributed by atoms with Crippen molar-refractivity contribution < 1.29 is 9.53 Å². The van der Waals surface area contributed by atoms with Gasteiger partial charge in [0.1, 0.15) is 0 Å². The van der Waals surface area contributed by atoms with Crippen LogP contribution in [0, 0.1) is 13.8 Å². The Morgan fingerprint density at radius 2 is 1.02 bits per heavy atom. The van der Waals surface area contributed by atoms with E-state index in [1.807, 2.05) is 101 Å². The van der Waals surface area contributed by atoms with Crippen LogP contribution in [0.2, 0.25) is 20.1 Å². The van der Waals surface area contributed by atoms with Crippen LogP contribution in [-0.2, 0) is 10.3 Å². The van der Waals surface area contributed by atoms with Crippen LogP contribution in [0.4, 0.5) is 11.4 Å². The van der Waals surface area contributed by atoms with Crippen molar-refractivity contribution in [1.82, 2.24) is 0 Å². The van der Waals surface area contributed by atoms with Gasteiger partial charge in [0.2, 0.25) is 0 Å². The minimum absolute atomic E-state index is 0.00500. The third kappa shape index (κ3) is 6.54. The number of halogens is 4. The number of ether oxygens (including phenoxy) is 1. The van der Waals surface area contributed by atoms with Gasteiger partial charge < -0.3 is 14.5 Å². The van der Waals surface area contributed by atoms with Gasteiger partial charge in [0.25, 0.3) is 0 Å². The van der Waals surface area contributed by atoms with Gasteiger partial charge in [-0.25, -0.2) is 4.79 Å². The highest BCUT2D eigenvalue weighted by Crippen LogP contribution is 2.53. The summed E-state index contributed by atoms with van der Waals surface area (Å²) < 4.78 is 6.55. The van der Waals surface area contributed by atoms with Gasteiger partial charge in [0, 0.05) is 45.1 Å². The van der Waals surface area contributed by atoms with E-state index in [0.717, 1.165) is 55.9 Å². The summed E-state index contributed by atoms with van der Waals surface area (Å²) in [6.07, 6.45) is 3.92. The molecule has 0 N–H and O–H groups in total. The molecule has 0 aliphatic carbocycles. The predicted molar refractivity (Wildman–Crippen MR) is 212 cm³/mol. The van der Waals surface area contributed by atoms with Crippen LogP contribution >= 0.6 is 46.4 Å². The molecule has 6 rings (SSSR count). The van der Waals surface area contributed by atoms with Crippen LogP contribution in [-0.4, -0.2) is 34.2 Å². The quantitative estimate of drug-likeness (QED) is 0.0900. The fraction of sp³-hybridized carbons (Fsp3) is 0.167. The van der Waals surface area contributed by atoms with E-state index in [-0.39, 0.29) is 25.7 Å². The number of fused-ring (bicyclic) bond motifs is 1. The highest BCUT2D eigenvalue weighted by molar-refractivity contribution is 6.53. The van der Waals surface area contributed by atoms with Crippen molar-refractivity contribution in [1.29, 1.82) is 0 Å². The van der Waals surface area contributed by atoms with Crippen LogP contribution in [0.15, 0.2) is 109 Å². The van der Waals surface area contributed by atoms with Crippen LogP contribution in [0.3, 0.4) is 0 Å². The van der Waals surface area contributed by atoms with E-state index in [0.29, 0.717) is 5.56 Å². The Morgan fingerprint density at radius 3 is 1.42 bits per heavy atom. The average molecular weight is 743 g/mol. The lowest BCUT2D eigenvalue weighted by Gasteiger charge is -2.28. The third-order valence-electron chi connectivity index (χ3n) is 9.04. The summed E-state index contributed by atoms with van der Waals surface area (Å²) in [6.45, 7) is 4.14. The highest BCUT2D eigenvalue weighted by atomic mass is 35.5. The van der Waals surface area contributed by atoms with Gasteiger partial charge in [0.15, 0.2) is 5.60 Å². The molecular weight excluding hydrogens is 706 g/mol. The van der Waals surface area contributed by atoms with Gasteiger partial charge in [-0.05, 0) is 94.8 Å². The van der Waals surface area contributed by atoms with Gasteiger partial charge in [-0.3, -0.25) is 0 Å². The highest BCUT2D eigenvalue weighted by Gasteiger charge is 2.48. The molecule has 0 saturated heterocycles. The standard InChI is InChI=1S/C42H36Cl4N2O2/c1-25-21-29(47(3)4)17-19-31(25)33(27-13-9-7-10-14-27)23-42(36-35(41(49)50-42)37(43)39(45)40(46)38(36)44)24-34(28-15-11-8-12-16-28)32-20-18-30(48(5)6)22-26(32)2/h7-24H,1-6H3/b33-23+,34-24+.